The molecule has 0 heterocycles. The third-order valence-electron chi connectivity index (χ3n) is 5.00. The van der Waals surface area contributed by atoms with E-state index >= 15 is 0 Å². The smallest absolute Gasteiger partial charge is 0.0664 e. The van der Waals surface area contributed by atoms with Crippen LogP contribution in [0.15, 0.2) is 0 Å². The molecule has 4 atom stereocenters. The lowest BCUT2D eigenvalue weighted by Gasteiger charge is -2.43. The van der Waals surface area contributed by atoms with Crippen molar-refractivity contribution in [2.45, 2.75) is 118 Å². The standard InChI is InChI=1S/C20H42O/c1-9-13-19(7,15-17(5)11-3)21-20(8,14-10-2)16-18(6)12-4/h17-18H,9-16H2,1-8H3. The van der Waals surface area contributed by atoms with Crippen LogP contribution in [0.1, 0.15) is 107 Å². The first kappa shape index (κ1) is 21.0. The molecule has 4 unspecified atom stereocenters. The van der Waals surface area contributed by atoms with Gasteiger partial charge in [-0.15, -0.1) is 0 Å². The van der Waals surface area contributed by atoms with Crippen molar-refractivity contribution in [2.75, 3.05) is 0 Å². The number of rotatable bonds is 12. The van der Waals surface area contributed by atoms with Gasteiger partial charge < -0.3 is 4.74 Å². The average molecular weight is 299 g/mol. The summed E-state index contributed by atoms with van der Waals surface area (Å²) in [5.41, 5.74) is 0.0864. The van der Waals surface area contributed by atoms with Crippen molar-refractivity contribution < 1.29 is 4.74 Å². The zero-order valence-corrected chi connectivity index (χ0v) is 16.2. The minimum Gasteiger partial charge on any atom is -0.369 e. The van der Waals surface area contributed by atoms with E-state index in [0.717, 1.165) is 11.8 Å². The van der Waals surface area contributed by atoms with E-state index in [2.05, 4.69) is 55.4 Å². The Morgan fingerprint density at radius 1 is 0.714 bits per heavy atom. The first-order chi connectivity index (χ1) is 9.74. The molecule has 0 saturated heterocycles. The van der Waals surface area contributed by atoms with Crippen molar-refractivity contribution >= 4 is 0 Å². The Hall–Kier alpha value is -0.0400. The van der Waals surface area contributed by atoms with E-state index in [4.69, 9.17) is 4.74 Å². The Labute approximate surface area is 135 Å². The van der Waals surface area contributed by atoms with Crippen LogP contribution in [0.2, 0.25) is 0 Å². The first-order valence-electron chi connectivity index (χ1n) is 9.44. The molecule has 0 aromatic heterocycles. The molecule has 0 aliphatic rings. The van der Waals surface area contributed by atoms with Crippen LogP contribution in [0.3, 0.4) is 0 Å². The molecule has 0 aromatic carbocycles. The van der Waals surface area contributed by atoms with Gasteiger partial charge in [-0.1, -0.05) is 67.2 Å². The Morgan fingerprint density at radius 2 is 1.05 bits per heavy atom. The van der Waals surface area contributed by atoms with E-state index < -0.39 is 0 Å². The highest BCUT2D eigenvalue weighted by Gasteiger charge is 2.36. The van der Waals surface area contributed by atoms with Crippen LogP contribution in [0.4, 0.5) is 0 Å². The normalized spacial score (nSPS) is 20.6. The highest BCUT2D eigenvalue weighted by molar-refractivity contribution is 4.86. The zero-order valence-electron chi connectivity index (χ0n) is 16.2. The van der Waals surface area contributed by atoms with Gasteiger partial charge in [-0.25, -0.2) is 0 Å². The average Bonchev–Trinajstić information content (AvgIpc) is 2.37. The van der Waals surface area contributed by atoms with Gasteiger partial charge in [0.15, 0.2) is 0 Å². The van der Waals surface area contributed by atoms with Gasteiger partial charge in [-0.2, -0.15) is 0 Å². The van der Waals surface area contributed by atoms with Crippen LogP contribution >= 0.6 is 0 Å². The predicted octanol–water partition coefficient (Wildman–Crippen LogP) is 6.99. The summed E-state index contributed by atoms with van der Waals surface area (Å²) in [7, 11) is 0. The summed E-state index contributed by atoms with van der Waals surface area (Å²) in [5.74, 6) is 1.49. The largest absolute Gasteiger partial charge is 0.369 e. The summed E-state index contributed by atoms with van der Waals surface area (Å²) in [4.78, 5) is 0. The van der Waals surface area contributed by atoms with Gasteiger partial charge in [0.05, 0.1) is 11.2 Å². The Balaban J connectivity index is 5.02. The molecule has 0 aliphatic heterocycles. The minimum absolute atomic E-state index is 0.0432. The van der Waals surface area contributed by atoms with Crippen LogP contribution in [0, 0.1) is 11.8 Å². The van der Waals surface area contributed by atoms with E-state index in [0.29, 0.717) is 0 Å². The summed E-state index contributed by atoms with van der Waals surface area (Å²) < 4.78 is 6.85. The molecule has 1 heteroatoms. The van der Waals surface area contributed by atoms with Crippen LogP contribution < -0.4 is 0 Å². The summed E-state index contributed by atoms with van der Waals surface area (Å²) >= 11 is 0. The van der Waals surface area contributed by atoms with Gasteiger partial charge in [-0.3, -0.25) is 0 Å². The van der Waals surface area contributed by atoms with Gasteiger partial charge >= 0.3 is 0 Å². The second kappa shape index (κ2) is 9.87. The van der Waals surface area contributed by atoms with Crippen molar-refractivity contribution in [3.8, 4) is 0 Å². The maximum Gasteiger partial charge on any atom is 0.0664 e. The Kier molecular flexibility index (Phi) is 9.85. The third kappa shape index (κ3) is 8.24. The SMILES string of the molecule is CCCC(C)(CC(C)CC)OC(C)(CCC)CC(C)CC. The fraction of sp³-hybridized carbons (Fsp3) is 1.00. The molecule has 0 N–H and O–H groups in total. The first-order valence-corrected chi connectivity index (χ1v) is 9.44. The highest BCUT2D eigenvalue weighted by Crippen LogP contribution is 2.37. The summed E-state index contributed by atoms with van der Waals surface area (Å²) in [5, 5.41) is 0. The lowest BCUT2D eigenvalue weighted by atomic mass is 9.83. The van der Waals surface area contributed by atoms with Crippen LogP contribution in [0.25, 0.3) is 0 Å². The molecule has 0 amide bonds. The number of hydrogen-bond donors (Lipinski definition) is 0. The molecule has 128 valence electrons. The third-order valence-corrected chi connectivity index (χ3v) is 5.00. The molecule has 21 heavy (non-hydrogen) atoms. The van der Waals surface area contributed by atoms with Gasteiger partial charge in [0.1, 0.15) is 0 Å². The zero-order chi connectivity index (χ0) is 16.5. The molecule has 0 spiro atoms. The van der Waals surface area contributed by atoms with E-state index in [1.807, 2.05) is 0 Å². The fourth-order valence-corrected chi connectivity index (χ4v) is 3.80. The van der Waals surface area contributed by atoms with Gasteiger partial charge in [0, 0.05) is 0 Å². The van der Waals surface area contributed by atoms with Crippen LogP contribution in [-0.4, -0.2) is 11.2 Å². The molecule has 0 aromatic rings. The van der Waals surface area contributed by atoms with Crippen molar-refractivity contribution in [1.29, 1.82) is 0 Å². The van der Waals surface area contributed by atoms with Crippen molar-refractivity contribution in [3.63, 3.8) is 0 Å². The maximum atomic E-state index is 6.85. The minimum atomic E-state index is 0.0432. The Bertz CT molecular complexity index is 237. The predicted molar refractivity (Wildman–Crippen MR) is 95.9 cm³/mol. The number of ether oxygens (including phenoxy) is 1. The molecule has 0 bridgehead atoms. The molecular formula is C20H42O. The lowest BCUT2D eigenvalue weighted by molar-refractivity contribution is -0.164. The lowest BCUT2D eigenvalue weighted by Crippen LogP contribution is -2.43. The second-order valence-electron chi connectivity index (χ2n) is 7.94. The van der Waals surface area contributed by atoms with Crippen molar-refractivity contribution in [1.82, 2.24) is 0 Å². The van der Waals surface area contributed by atoms with Gasteiger partial charge in [0.2, 0.25) is 0 Å². The monoisotopic (exact) mass is 298 g/mol. The maximum absolute atomic E-state index is 6.85. The molecule has 1 nitrogen and oxygen atoms in total. The highest BCUT2D eigenvalue weighted by atomic mass is 16.5. The van der Waals surface area contributed by atoms with Crippen LogP contribution in [-0.2, 0) is 4.74 Å². The van der Waals surface area contributed by atoms with E-state index in [9.17, 15) is 0 Å². The summed E-state index contributed by atoms with van der Waals surface area (Å²) in [6.45, 7) is 18.6. The molecule has 0 saturated carbocycles. The van der Waals surface area contributed by atoms with Crippen molar-refractivity contribution in [3.05, 3.63) is 0 Å². The van der Waals surface area contributed by atoms with E-state index in [1.54, 1.807) is 0 Å². The van der Waals surface area contributed by atoms with Crippen LogP contribution in [0.5, 0.6) is 0 Å². The number of hydrogen-bond acceptors (Lipinski definition) is 1. The van der Waals surface area contributed by atoms with Gasteiger partial charge in [-0.05, 0) is 51.4 Å². The van der Waals surface area contributed by atoms with Gasteiger partial charge in [0.25, 0.3) is 0 Å². The fourth-order valence-electron chi connectivity index (χ4n) is 3.80. The van der Waals surface area contributed by atoms with Crippen molar-refractivity contribution in [2.24, 2.45) is 11.8 Å². The topological polar surface area (TPSA) is 9.23 Å². The Morgan fingerprint density at radius 3 is 1.29 bits per heavy atom. The molecule has 0 fully saturated rings. The van der Waals surface area contributed by atoms with E-state index in [-0.39, 0.29) is 11.2 Å². The summed E-state index contributed by atoms with van der Waals surface area (Å²) in [6, 6.07) is 0. The molecule has 0 radical (unpaired) electrons. The molecular weight excluding hydrogens is 256 g/mol. The quantitative estimate of drug-likeness (QED) is 0.377. The summed E-state index contributed by atoms with van der Waals surface area (Å²) in [6.07, 6.45) is 9.65. The second-order valence-corrected chi connectivity index (χ2v) is 7.94. The molecule has 0 rings (SSSR count). The molecule has 0 aliphatic carbocycles. The van der Waals surface area contributed by atoms with E-state index in [1.165, 1.54) is 51.4 Å².